The molecule has 1 saturated heterocycles. The van der Waals surface area contributed by atoms with E-state index in [-0.39, 0.29) is 24.0 Å². The van der Waals surface area contributed by atoms with Crippen LogP contribution in [0.3, 0.4) is 0 Å². The molecule has 1 aromatic carbocycles. The summed E-state index contributed by atoms with van der Waals surface area (Å²) in [5, 5.41) is 3.08. The fraction of sp³-hybridized carbons (Fsp3) is 0.526. The Kier molecular flexibility index (Phi) is 9.36. The average Bonchev–Trinajstić information content (AvgIpc) is 2.54. The lowest BCUT2D eigenvalue weighted by Gasteiger charge is -2.33. The van der Waals surface area contributed by atoms with Gasteiger partial charge in [-0.2, -0.15) is 0 Å². The summed E-state index contributed by atoms with van der Waals surface area (Å²) in [7, 11) is 0. The molecular weight excluding hydrogens is 411 g/mol. The predicted octanol–water partition coefficient (Wildman–Crippen LogP) is 3.66. The van der Waals surface area contributed by atoms with Crippen LogP contribution in [0.2, 0.25) is 0 Å². The Hall–Kier alpha value is -1.08. The number of guanidine groups is 1. The number of benzene rings is 1. The molecular formula is C19H31IN4. The van der Waals surface area contributed by atoms with Crippen molar-refractivity contribution in [2.24, 2.45) is 10.7 Å². The zero-order chi connectivity index (χ0) is 16.7. The van der Waals surface area contributed by atoms with Crippen LogP contribution in [-0.4, -0.2) is 30.0 Å². The maximum absolute atomic E-state index is 5.91. The number of nitrogens with two attached hydrogens (primary N) is 1. The minimum Gasteiger partial charge on any atom is -0.370 e. The molecule has 0 aromatic heterocycles. The fourth-order valence-corrected chi connectivity index (χ4v) is 2.94. The summed E-state index contributed by atoms with van der Waals surface area (Å²) in [6.07, 6.45) is 3.97. The van der Waals surface area contributed by atoms with Gasteiger partial charge in [-0.3, -0.25) is 4.90 Å². The van der Waals surface area contributed by atoms with Gasteiger partial charge in [-0.15, -0.1) is 24.0 Å². The van der Waals surface area contributed by atoms with Gasteiger partial charge in [0.2, 0.25) is 0 Å². The summed E-state index contributed by atoms with van der Waals surface area (Å²) in [4.78, 5) is 7.04. The van der Waals surface area contributed by atoms with Crippen molar-refractivity contribution >= 4 is 29.9 Å². The summed E-state index contributed by atoms with van der Waals surface area (Å²) in [5.74, 6) is 0.481. The number of hydrogen-bond acceptors (Lipinski definition) is 2. The molecule has 2 rings (SSSR count). The summed E-state index contributed by atoms with van der Waals surface area (Å²) in [6.45, 7) is 11.6. The van der Waals surface area contributed by atoms with E-state index in [1.165, 1.54) is 36.9 Å². The van der Waals surface area contributed by atoms with Crippen molar-refractivity contribution in [3.8, 4) is 0 Å². The normalized spacial score (nSPS) is 18.8. The molecule has 0 aliphatic carbocycles. The van der Waals surface area contributed by atoms with E-state index < -0.39 is 0 Å². The van der Waals surface area contributed by atoms with E-state index in [1.54, 1.807) is 0 Å². The monoisotopic (exact) mass is 442 g/mol. The van der Waals surface area contributed by atoms with Gasteiger partial charge < -0.3 is 11.1 Å². The summed E-state index contributed by atoms with van der Waals surface area (Å²) in [6, 6.07) is 9.22. The van der Waals surface area contributed by atoms with Crippen LogP contribution < -0.4 is 11.1 Å². The Labute approximate surface area is 163 Å². The van der Waals surface area contributed by atoms with Gasteiger partial charge in [0, 0.05) is 19.1 Å². The van der Waals surface area contributed by atoms with Crippen molar-refractivity contribution in [2.75, 3.05) is 13.1 Å². The minimum atomic E-state index is 0. The van der Waals surface area contributed by atoms with Crippen molar-refractivity contribution in [1.29, 1.82) is 0 Å². The molecule has 1 heterocycles. The third-order valence-electron chi connectivity index (χ3n) is 4.42. The van der Waals surface area contributed by atoms with Gasteiger partial charge in [0.25, 0.3) is 0 Å². The number of halogens is 1. The molecule has 1 fully saturated rings. The van der Waals surface area contributed by atoms with Gasteiger partial charge in [-0.05, 0) is 44.4 Å². The maximum atomic E-state index is 5.91. The Balaban J connectivity index is 0.00000288. The molecule has 0 spiro atoms. The summed E-state index contributed by atoms with van der Waals surface area (Å²) >= 11 is 0. The first-order valence-corrected chi connectivity index (χ1v) is 8.55. The van der Waals surface area contributed by atoms with Crippen LogP contribution in [0.25, 0.3) is 0 Å². The molecule has 0 saturated carbocycles. The second kappa shape index (κ2) is 10.7. The average molecular weight is 442 g/mol. The molecule has 1 unspecified atom stereocenters. The second-order valence-corrected chi connectivity index (χ2v) is 6.60. The van der Waals surface area contributed by atoms with Crippen LogP contribution in [0.1, 0.15) is 44.2 Å². The van der Waals surface area contributed by atoms with E-state index in [0.29, 0.717) is 25.1 Å². The minimum absolute atomic E-state index is 0. The third kappa shape index (κ3) is 6.81. The molecule has 4 nitrogen and oxygen atoms in total. The smallest absolute Gasteiger partial charge is 0.189 e. The molecule has 3 N–H and O–H groups in total. The molecule has 5 heteroatoms. The fourth-order valence-electron chi connectivity index (χ4n) is 2.94. The zero-order valence-corrected chi connectivity index (χ0v) is 17.3. The number of nitrogens with zero attached hydrogens (tertiary/aromatic N) is 2. The highest BCUT2D eigenvalue weighted by molar-refractivity contribution is 14.0. The maximum Gasteiger partial charge on any atom is 0.189 e. The van der Waals surface area contributed by atoms with Crippen molar-refractivity contribution in [2.45, 2.75) is 52.2 Å². The van der Waals surface area contributed by atoms with Gasteiger partial charge in [0.15, 0.2) is 5.96 Å². The molecule has 1 aliphatic heterocycles. The Morgan fingerprint density at radius 2 is 2.04 bits per heavy atom. The summed E-state index contributed by atoms with van der Waals surface area (Å²) < 4.78 is 0. The SMILES string of the molecule is C=C(C)CNC(N)=NCc1ccccc1CN1CCCCC1C.I. The number of hydrogen-bond donors (Lipinski definition) is 2. The number of likely N-dealkylation sites (tertiary alicyclic amines) is 1. The number of aliphatic imine (C=N–C) groups is 1. The van der Waals surface area contributed by atoms with Crippen LogP contribution in [0.4, 0.5) is 0 Å². The number of rotatable bonds is 6. The third-order valence-corrected chi connectivity index (χ3v) is 4.42. The van der Waals surface area contributed by atoms with Gasteiger partial charge in [-0.1, -0.05) is 42.8 Å². The van der Waals surface area contributed by atoms with Crippen molar-refractivity contribution in [1.82, 2.24) is 10.2 Å². The Bertz CT molecular complexity index is 556. The van der Waals surface area contributed by atoms with E-state index in [4.69, 9.17) is 5.73 Å². The highest BCUT2D eigenvalue weighted by Crippen LogP contribution is 2.21. The van der Waals surface area contributed by atoms with E-state index >= 15 is 0 Å². The number of nitrogens with one attached hydrogen (secondary N) is 1. The van der Waals surface area contributed by atoms with Crippen molar-refractivity contribution in [3.05, 3.63) is 47.5 Å². The molecule has 134 valence electrons. The molecule has 0 radical (unpaired) electrons. The van der Waals surface area contributed by atoms with Crippen LogP contribution in [-0.2, 0) is 13.1 Å². The topological polar surface area (TPSA) is 53.6 Å². The van der Waals surface area contributed by atoms with E-state index in [0.717, 1.165) is 12.1 Å². The van der Waals surface area contributed by atoms with Gasteiger partial charge in [0.1, 0.15) is 0 Å². The molecule has 0 amide bonds. The van der Waals surface area contributed by atoms with Gasteiger partial charge >= 0.3 is 0 Å². The van der Waals surface area contributed by atoms with E-state index in [2.05, 4.69) is 53.0 Å². The highest BCUT2D eigenvalue weighted by Gasteiger charge is 2.18. The van der Waals surface area contributed by atoms with Crippen molar-refractivity contribution in [3.63, 3.8) is 0 Å². The first-order valence-electron chi connectivity index (χ1n) is 8.55. The van der Waals surface area contributed by atoms with E-state index in [1.807, 2.05) is 6.92 Å². The van der Waals surface area contributed by atoms with Crippen molar-refractivity contribution < 1.29 is 0 Å². The largest absolute Gasteiger partial charge is 0.370 e. The zero-order valence-electron chi connectivity index (χ0n) is 14.9. The quantitative estimate of drug-likeness (QED) is 0.306. The highest BCUT2D eigenvalue weighted by atomic mass is 127. The number of piperidine rings is 1. The molecule has 1 aromatic rings. The predicted molar refractivity (Wildman–Crippen MR) is 114 cm³/mol. The van der Waals surface area contributed by atoms with Crippen LogP contribution in [0.15, 0.2) is 41.4 Å². The van der Waals surface area contributed by atoms with Crippen LogP contribution in [0, 0.1) is 0 Å². The first kappa shape index (κ1) is 21.0. The molecule has 0 bridgehead atoms. The van der Waals surface area contributed by atoms with Gasteiger partial charge in [0.05, 0.1) is 6.54 Å². The van der Waals surface area contributed by atoms with Gasteiger partial charge in [-0.25, -0.2) is 4.99 Å². The van der Waals surface area contributed by atoms with E-state index in [9.17, 15) is 0 Å². The van der Waals surface area contributed by atoms with Crippen LogP contribution in [0.5, 0.6) is 0 Å². The second-order valence-electron chi connectivity index (χ2n) is 6.60. The molecule has 24 heavy (non-hydrogen) atoms. The Morgan fingerprint density at radius 3 is 2.71 bits per heavy atom. The lowest BCUT2D eigenvalue weighted by atomic mass is 10.0. The lowest BCUT2D eigenvalue weighted by molar-refractivity contribution is 0.152. The summed E-state index contributed by atoms with van der Waals surface area (Å²) in [5.41, 5.74) is 9.57. The first-order chi connectivity index (χ1) is 11.1. The standard InChI is InChI=1S/C19H30N4.HI/c1-15(2)12-21-19(20)22-13-17-9-4-5-10-18(17)14-23-11-7-6-8-16(23)3;/h4-5,9-10,16H,1,6-8,11-14H2,2-3H3,(H3,20,21,22);1H. The lowest BCUT2D eigenvalue weighted by Crippen LogP contribution is -2.37. The molecule has 1 aliphatic rings. The molecule has 1 atom stereocenters. The Morgan fingerprint density at radius 1 is 1.33 bits per heavy atom. The van der Waals surface area contributed by atoms with Crippen LogP contribution >= 0.6 is 24.0 Å².